The van der Waals surface area contributed by atoms with Gasteiger partial charge < -0.3 is 0 Å². The third-order valence-electron chi connectivity index (χ3n) is 3.75. The van der Waals surface area contributed by atoms with Crippen molar-refractivity contribution in [3.05, 3.63) is 69.2 Å². The van der Waals surface area contributed by atoms with Gasteiger partial charge in [-0.1, -0.05) is 47.5 Å². The lowest BCUT2D eigenvalue weighted by molar-refractivity contribution is -0.122. The van der Waals surface area contributed by atoms with Crippen molar-refractivity contribution >= 4 is 52.8 Å². The van der Waals surface area contributed by atoms with E-state index in [4.69, 9.17) is 23.2 Å². The first-order valence-corrected chi connectivity index (χ1v) is 8.06. The highest BCUT2D eigenvalue weighted by Gasteiger charge is 2.37. The topological polar surface area (TPSA) is 66.5 Å². The van der Waals surface area contributed by atoms with Crippen molar-refractivity contribution in [2.24, 2.45) is 0 Å². The molecule has 1 aliphatic heterocycles. The number of nitrogens with zero attached hydrogens (tertiary/aromatic N) is 1. The number of amides is 4. The average Bonchev–Trinajstić information content (AvgIpc) is 2.56. The fraction of sp³-hybridized carbons (Fsp3) is 0.0556. The molecule has 7 heteroatoms. The van der Waals surface area contributed by atoms with Crippen LogP contribution in [0.3, 0.4) is 0 Å². The lowest BCUT2D eigenvalue weighted by Crippen LogP contribution is -2.54. The summed E-state index contributed by atoms with van der Waals surface area (Å²) in [6.07, 6.45) is 1.46. The van der Waals surface area contributed by atoms with Crippen molar-refractivity contribution in [2.45, 2.75) is 6.92 Å². The summed E-state index contributed by atoms with van der Waals surface area (Å²) in [5.41, 5.74) is 1.69. The van der Waals surface area contributed by atoms with E-state index in [9.17, 15) is 14.4 Å². The van der Waals surface area contributed by atoms with E-state index in [0.29, 0.717) is 10.6 Å². The number of carbonyl (C=O) groups excluding carboxylic acids is 3. The van der Waals surface area contributed by atoms with Crippen molar-refractivity contribution in [3.63, 3.8) is 0 Å². The summed E-state index contributed by atoms with van der Waals surface area (Å²) < 4.78 is 0. The monoisotopic (exact) mass is 374 g/mol. The zero-order valence-electron chi connectivity index (χ0n) is 13.0. The van der Waals surface area contributed by atoms with Crippen LogP contribution in [0.25, 0.3) is 6.08 Å². The number of anilines is 1. The van der Waals surface area contributed by atoms with Gasteiger partial charge in [-0.05, 0) is 42.3 Å². The summed E-state index contributed by atoms with van der Waals surface area (Å²) in [7, 11) is 0. The fourth-order valence-electron chi connectivity index (χ4n) is 2.42. The van der Waals surface area contributed by atoms with E-state index in [1.807, 2.05) is 19.1 Å². The Morgan fingerprint density at radius 1 is 1.00 bits per heavy atom. The molecule has 1 fully saturated rings. The number of barbiturate groups is 1. The molecule has 1 N–H and O–H groups in total. The predicted octanol–water partition coefficient (Wildman–Crippen LogP) is 3.97. The van der Waals surface area contributed by atoms with Gasteiger partial charge in [0.05, 0.1) is 15.7 Å². The first kappa shape index (κ1) is 17.2. The summed E-state index contributed by atoms with van der Waals surface area (Å²) in [6.45, 7) is 1.86. The maximum atomic E-state index is 12.8. The molecule has 25 heavy (non-hydrogen) atoms. The van der Waals surface area contributed by atoms with Gasteiger partial charge in [-0.3, -0.25) is 14.9 Å². The van der Waals surface area contributed by atoms with Crippen molar-refractivity contribution in [1.29, 1.82) is 0 Å². The maximum Gasteiger partial charge on any atom is 0.335 e. The van der Waals surface area contributed by atoms with E-state index in [-0.39, 0.29) is 16.3 Å². The van der Waals surface area contributed by atoms with Gasteiger partial charge >= 0.3 is 6.03 Å². The molecule has 0 spiro atoms. The minimum Gasteiger partial charge on any atom is -0.273 e. The molecule has 0 saturated carbocycles. The Morgan fingerprint density at radius 3 is 2.40 bits per heavy atom. The van der Waals surface area contributed by atoms with Crippen LogP contribution in [0.1, 0.15) is 11.1 Å². The Hall–Kier alpha value is -2.63. The van der Waals surface area contributed by atoms with Crippen LogP contribution in [0.2, 0.25) is 10.0 Å². The molecule has 0 atom stereocenters. The lowest BCUT2D eigenvalue weighted by Gasteiger charge is -2.26. The predicted molar refractivity (Wildman–Crippen MR) is 96.6 cm³/mol. The number of benzene rings is 2. The second-order valence-corrected chi connectivity index (χ2v) is 6.23. The van der Waals surface area contributed by atoms with Crippen molar-refractivity contribution in [1.82, 2.24) is 5.32 Å². The number of carbonyl (C=O) groups is 3. The van der Waals surface area contributed by atoms with Crippen molar-refractivity contribution < 1.29 is 14.4 Å². The first-order chi connectivity index (χ1) is 11.9. The molecule has 4 amide bonds. The minimum absolute atomic E-state index is 0.139. The normalized spacial score (nSPS) is 16.4. The number of rotatable bonds is 2. The molecular weight excluding hydrogens is 363 g/mol. The Kier molecular flexibility index (Phi) is 4.61. The summed E-state index contributed by atoms with van der Waals surface area (Å²) in [6, 6.07) is 10.8. The third-order valence-corrected chi connectivity index (χ3v) is 4.49. The Labute approximate surface area is 153 Å². The second kappa shape index (κ2) is 6.70. The highest BCUT2D eigenvalue weighted by Crippen LogP contribution is 2.29. The van der Waals surface area contributed by atoms with Gasteiger partial charge in [-0.25, -0.2) is 9.69 Å². The van der Waals surface area contributed by atoms with Crippen LogP contribution in [0.5, 0.6) is 0 Å². The molecule has 2 aromatic carbocycles. The van der Waals surface area contributed by atoms with Gasteiger partial charge in [0.1, 0.15) is 5.57 Å². The van der Waals surface area contributed by atoms with Gasteiger partial charge in [0.15, 0.2) is 0 Å². The number of urea groups is 1. The highest BCUT2D eigenvalue weighted by molar-refractivity contribution is 6.43. The van der Waals surface area contributed by atoms with E-state index >= 15 is 0 Å². The number of nitrogens with one attached hydrogen (secondary N) is 1. The largest absolute Gasteiger partial charge is 0.335 e. The molecule has 0 radical (unpaired) electrons. The van der Waals surface area contributed by atoms with Crippen LogP contribution in [-0.2, 0) is 9.59 Å². The molecule has 0 unspecified atom stereocenters. The molecule has 0 aliphatic carbocycles. The minimum atomic E-state index is -0.838. The van der Waals surface area contributed by atoms with Crippen LogP contribution in [0, 0.1) is 6.92 Å². The SMILES string of the molecule is Cc1ccccc1/C=C1\C(=O)NC(=O)N(c2ccc(Cl)c(Cl)c2)C1=O. The highest BCUT2D eigenvalue weighted by atomic mass is 35.5. The van der Waals surface area contributed by atoms with Crippen LogP contribution in [0.4, 0.5) is 10.5 Å². The molecule has 3 rings (SSSR count). The number of halogens is 2. The zero-order chi connectivity index (χ0) is 18.1. The molecule has 5 nitrogen and oxygen atoms in total. The Morgan fingerprint density at radius 2 is 1.72 bits per heavy atom. The number of aryl methyl sites for hydroxylation is 1. The standard InChI is InChI=1S/C18H12Cl2N2O3/c1-10-4-2-3-5-11(10)8-13-16(23)21-18(25)22(17(13)24)12-6-7-14(19)15(20)9-12/h2-9H,1H3,(H,21,23,25)/b13-8+. The Balaban J connectivity index is 2.05. The summed E-state index contributed by atoms with van der Waals surface area (Å²) in [4.78, 5) is 37.9. The molecule has 126 valence electrons. The van der Waals surface area contributed by atoms with Gasteiger partial charge in [-0.2, -0.15) is 0 Å². The zero-order valence-corrected chi connectivity index (χ0v) is 14.6. The van der Waals surface area contributed by atoms with E-state index in [2.05, 4.69) is 5.32 Å². The quantitative estimate of drug-likeness (QED) is 0.638. The number of hydrogen-bond acceptors (Lipinski definition) is 3. The van der Waals surface area contributed by atoms with E-state index < -0.39 is 17.8 Å². The Bertz CT molecular complexity index is 938. The van der Waals surface area contributed by atoms with E-state index in [0.717, 1.165) is 10.5 Å². The fourth-order valence-corrected chi connectivity index (χ4v) is 2.71. The molecule has 1 saturated heterocycles. The van der Waals surface area contributed by atoms with Crippen LogP contribution >= 0.6 is 23.2 Å². The van der Waals surface area contributed by atoms with Gasteiger partial charge in [0.2, 0.25) is 0 Å². The molecule has 2 aromatic rings. The lowest BCUT2D eigenvalue weighted by atomic mass is 10.0. The van der Waals surface area contributed by atoms with E-state index in [1.165, 1.54) is 24.3 Å². The summed E-state index contributed by atoms with van der Waals surface area (Å²) in [5.74, 6) is -1.47. The van der Waals surface area contributed by atoms with Gasteiger partial charge in [-0.15, -0.1) is 0 Å². The number of imide groups is 2. The smallest absolute Gasteiger partial charge is 0.273 e. The van der Waals surface area contributed by atoms with Crippen LogP contribution in [0.15, 0.2) is 48.0 Å². The summed E-state index contributed by atoms with van der Waals surface area (Å²) >= 11 is 11.8. The molecule has 0 bridgehead atoms. The van der Waals surface area contributed by atoms with Crippen LogP contribution in [-0.4, -0.2) is 17.8 Å². The summed E-state index contributed by atoms with van der Waals surface area (Å²) in [5, 5.41) is 2.65. The molecule has 1 heterocycles. The molecule has 1 aliphatic rings. The number of hydrogen-bond donors (Lipinski definition) is 1. The average molecular weight is 375 g/mol. The molecular formula is C18H12Cl2N2O3. The van der Waals surface area contributed by atoms with Crippen molar-refractivity contribution in [3.8, 4) is 0 Å². The third kappa shape index (κ3) is 3.29. The molecule has 0 aromatic heterocycles. The van der Waals surface area contributed by atoms with Gasteiger partial charge in [0, 0.05) is 0 Å². The second-order valence-electron chi connectivity index (χ2n) is 5.41. The first-order valence-electron chi connectivity index (χ1n) is 7.30. The van der Waals surface area contributed by atoms with Crippen molar-refractivity contribution in [2.75, 3.05) is 4.90 Å². The van der Waals surface area contributed by atoms with Gasteiger partial charge in [0.25, 0.3) is 11.8 Å². The van der Waals surface area contributed by atoms with Crippen LogP contribution < -0.4 is 10.2 Å². The maximum absolute atomic E-state index is 12.8. The van der Waals surface area contributed by atoms with E-state index in [1.54, 1.807) is 12.1 Å².